The molecule has 0 heterocycles. The second-order valence-electron chi connectivity index (χ2n) is 7.55. The van der Waals surface area contributed by atoms with Gasteiger partial charge in [-0.3, -0.25) is 0 Å². The molecule has 0 aliphatic heterocycles. The van der Waals surface area contributed by atoms with Crippen molar-refractivity contribution < 1.29 is 49.4 Å². The quantitative estimate of drug-likeness (QED) is 0.510. The molecule has 4 unspecified atom stereocenters. The maximum absolute atomic E-state index is 14.0. The highest BCUT2D eigenvalue weighted by Crippen LogP contribution is 2.59. The van der Waals surface area contributed by atoms with Crippen molar-refractivity contribution in [3.8, 4) is 0 Å². The van der Waals surface area contributed by atoms with Gasteiger partial charge in [0, 0.05) is 0 Å². The summed E-state index contributed by atoms with van der Waals surface area (Å²) in [7, 11) is -5.03. The number of sulfone groups is 1. The number of benzene rings is 2. The van der Waals surface area contributed by atoms with Crippen molar-refractivity contribution in [2.75, 3.05) is 0 Å². The van der Waals surface area contributed by atoms with Crippen LogP contribution in [0.1, 0.15) is 12.0 Å². The third-order valence-corrected chi connectivity index (χ3v) is 8.03. The lowest BCUT2D eigenvalue weighted by molar-refractivity contribution is -0.310. The van der Waals surface area contributed by atoms with Crippen molar-refractivity contribution >= 4 is 9.84 Å². The highest BCUT2D eigenvalue weighted by atomic mass is 32.2. The first-order valence-corrected chi connectivity index (χ1v) is 10.7. The Morgan fingerprint density at radius 3 is 1.84 bits per heavy atom. The van der Waals surface area contributed by atoms with Crippen LogP contribution in [-0.2, 0) is 15.3 Å². The van der Waals surface area contributed by atoms with E-state index in [1.54, 1.807) is 0 Å². The smallest absolute Gasteiger partial charge is 0.390 e. The van der Waals surface area contributed by atoms with E-state index in [2.05, 4.69) is 0 Å². The van der Waals surface area contributed by atoms with E-state index in [-0.39, 0.29) is 0 Å². The minimum Gasteiger partial charge on any atom is -0.390 e. The first kappa shape index (κ1) is 24.5. The summed E-state index contributed by atoms with van der Waals surface area (Å²) in [6.45, 7) is 0. The van der Waals surface area contributed by atoms with Gasteiger partial charge in [0.1, 0.15) is 5.82 Å². The van der Waals surface area contributed by atoms with Crippen LogP contribution in [0.2, 0.25) is 0 Å². The van der Waals surface area contributed by atoms with Crippen molar-refractivity contribution in [2.45, 2.75) is 46.5 Å². The Labute approximate surface area is 178 Å². The summed E-state index contributed by atoms with van der Waals surface area (Å²) >= 11 is 0. The highest BCUT2D eigenvalue weighted by Gasteiger charge is 2.76. The van der Waals surface area contributed by atoms with Gasteiger partial charge in [-0.1, -0.05) is 30.3 Å². The van der Waals surface area contributed by atoms with Gasteiger partial charge < -0.3 is 10.2 Å². The highest BCUT2D eigenvalue weighted by molar-refractivity contribution is 7.92. The van der Waals surface area contributed by atoms with Gasteiger partial charge in [0.05, 0.1) is 27.8 Å². The van der Waals surface area contributed by atoms with Gasteiger partial charge in [0.2, 0.25) is 0 Å². The molecule has 0 spiro atoms. The third-order valence-electron chi connectivity index (χ3n) is 5.77. The van der Waals surface area contributed by atoms with Crippen molar-refractivity contribution in [3.05, 3.63) is 66.0 Å². The molecule has 4 nitrogen and oxygen atoms in total. The lowest BCUT2D eigenvalue weighted by atomic mass is 9.66. The van der Waals surface area contributed by atoms with Crippen LogP contribution >= 0.6 is 0 Å². The lowest BCUT2D eigenvalue weighted by Crippen LogP contribution is -2.62. The first-order chi connectivity index (χ1) is 14.6. The Kier molecular flexibility index (Phi) is 6.11. The van der Waals surface area contributed by atoms with Gasteiger partial charge in [0.25, 0.3) is 0 Å². The summed E-state index contributed by atoms with van der Waals surface area (Å²) in [6.07, 6.45) is -18.1. The number of alkyl halides is 6. The van der Waals surface area contributed by atoms with Crippen molar-refractivity contribution in [1.82, 2.24) is 0 Å². The molecular weight excluding hydrogens is 469 g/mol. The van der Waals surface area contributed by atoms with Gasteiger partial charge in [-0.25, -0.2) is 12.8 Å². The lowest BCUT2D eigenvalue weighted by Gasteiger charge is -2.45. The zero-order chi connectivity index (χ0) is 24.1. The summed E-state index contributed by atoms with van der Waals surface area (Å²) in [5.74, 6) is -5.20. The minimum absolute atomic E-state index is 0.684. The Balaban J connectivity index is 2.41. The summed E-state index contributed by atoms with van der Waals surface area (Å²) < 4.78 is 124. The predicted molar refractivity (Wildman–Crippen MR) is 97.7 cm³/mol. The molecule has 0 bridgehead atoms. The SMILES string of the molecule is O=S(=O)(c1ccc(F)cc1)C1CC(O)C(O)C1(c1ccccc1)C(C(F)(F)F)C(F)(F)F. The standard InChI is InChI=1S/C20H17F7O4S/c21-12-6-8-13(9-7-12)32(30,31)15-10-14(28)16(29)18(15,11-4-2-1-3-5-11)17(19(22,23)24)20(25,26)27/h1-9,14-17,28-29H,10H2. The van der Waals surface area contributed by atoms with Crippen molar-refractivity contribution in [3.63, 3.8) is 0 Å². The molecule has 3 rings (SSSR count). The largest absolute Gasteiger partial charge is 0.401 e. The van der Waals surface area contributed by atoms with E-state index in [0.717, 1.165) is 24.3 Å². The molecule has 12 heteroatoms. The average molecular weight is 486 g/mol. The zero-order valence-electron chi connectivity index (χ0n) is 16.0. The fourth-order valence-corrected chi connectivity index (χ4v) is 6.78. The zero-order valence-corrected chi connectivity index (χ0v) is 16.8. The van der Waals surface area contributed by atoms with E-state index in [9.17, 15) is 49.4 Å². The molecule has 1 aliphatic carbocycles. The molecule has 2 aromatic carbocycles. The van der Waals surface area contributed by atoms with Gasteiger partial charge in [-0.15, -0.1) is 0 Å². The van der Waals surface area contributed by atoms with E-state index in [0.29, 0.717) is 24.3 Å². The number of rotatable bonds is 4. The van der Waals surface area contributed by atoms with Crippen molar-refractivity contribution in [2.24, 2.45) is 5.92 Å². The molecule has 176 valence electrons. The molecule has 0 radical (unpaired) electrons. The van der Waals surface area contributed by atoms with Gasteiger partial charge in [0.15, 0.2) is 15.8 Å². The first-order valence-electron chi connectivity index (χ1n) is 9.19. The summed E-state index contributed by atoms with van der Waals surface area (Å²) in [4.78, 5) is -0.742. The number of aliphatic hydroxyl groups excluding tert-OH is 2. The van der Waals surface area contributed by atoms with Crippen LogP contribution in [0, 0.1) is 11.7 Å². The van der Waals surface area contributed by atoms with Crippen LogP contribution < -0.4 is 0 Å². The van der Waals surface area contributed by atoms with Gasteiger partial charge in [-0.2, -0.15) is 26.3 Å². The second-order valence-corrected chi connectivity index (χ2v) is 9.68. The predicted octanol–water partition coefficient (Wildman–Crippen LogP) is 3.77. The topological polar surface area (TPSA) is 74.6 Å². The maximum Gasteiger partial charge on any atom is 0.401 e. The molecule has 1 fully saturated rings. The number of hydrogen-bond donors (Lipinski definition) is 2. The summed E-state index contributed by atoms with van der Waals surface area (Å²) in [6, 6.07) is 7.95. The molecule has 0 aromatic heterocycles. The second kappa shape index (κ2) is 7.99. The fraction of sp³-hybridized carbons (Fsp3) is 0.400. The minimum atomic E-state index is -6.03. The van der Waals surface area contributed by atoms with E-state index >= 15 is 0 Å². The van der Waals surface area contributed by atoms with Crippen LogP contribution in [0.5, 0.6) is 0 Å². The summed E-state index contributed by atoms with van der Waals surface area (Å²) in [5, 5.41) is 18.3. The number of aliphatic hydroxyl groups is 2. The number of halogens is 7. The molecule has 2 N–H and O–H groups in total. The van der Waals surface area contributed by atoms with E-state index in [1.807, 2.05) is 0 Å². The Hall–Kier alpha value is -2.18. The van der Waals surface area contributed by atoms with E-state index in [1.165, 1.54) is 6.07 Å². The van der Waals surface area contributed by atoms with Crippen molar-refractivity contribution in [1.29, 1.82) is 0 Å². The summed E-state index contributed by atoms with van der Waals surface area (Å²) in [5.41, 5.74) is -4.27. The molecule has 1 saturated carbocycles. The Bertz CT molecular complexity index is 1040. The molecule has 1 aliphatic rings. The van der Waals surface area contributed by atoms with E-state index < -0.39 is 73.7 Å². The van der Waals surface area contributed by atoms with Crippen LogP contribution in [0.3, 0.4) is 0 Å². The Morgan fingerprint density at radius 1 is 0.875 bits per heavy atom. The van der Waals surface area contributed by atoms with Crippen LogP contribution in [0.25, 0.3) is 0 Å². The van der Waals surface area contributed by atoms with Gasteiger partial charge >= 0.3 is 12.4 Å². The maximum atomic E-state index is 14.0. The molecule has 0 saturated heterocycles. The van der Waals surface area contributed by atoms with Gasteiger partial charge in [-0.05, 0) is 36.2 Å². The Morgan fingerprint density at radius 2 is 1.38 bits per heavy atom. The third kappa shape index (κ3) is 3.88. The van der Waals surface area contributed by atoms with Crippen LogP contribution in [-0.4, -0.2) is 48.4 Å². The molecule has 0 amide bonds. The molecule has 32 heavy (non-hydrogen) atoms. The monoisotopic (exact) mass is 486 g/mol. The molecule has 2 aromatic rings. The fourth-order valence-electron chi connectivity index (χ4n) is 4.56. The van der Waals surface area contributed by atoms with Crippen LogP contribution in [0.4, 0.5) is 30.7 Å². The normalized spacial score (nSPS) is 27.1. The molecule has 4 atom stereocenters. The van der Waals surface area contributed by atoms with Crippen LogP contribution in [0.15, 0.2) is 59.5 Å². The number of hydrogen-bond acceptors (Lipinski definition) is 4. The molecular formula is C20H17F7O4S. The average Bonchev–Trinajstić information content (AvgIpc) is 2.93. The van der Waals surface area contributed by atoms with E-state index in [4.69, 9.17) is 0 Å².